The molecule has 0 amide bonds. The number of aliphatic hydroxyl groups is 1. The highest BCUT2D eigenvalue weighted by atomic mass is 32.1. The number of hydrogen-bond donors (Lipinski definition) is 2. The molecular weight excluding hydrogens is 482 g/mol. The molecule has 0 saturated heterocycles. The fourth-order valence-corrected chi connectivity index (χ4v) is 6.32. The number of aryl methyl sites for hydroxylation is 1. The van der Waals surface area contributed by atoms with Crippen molar-refractivity contribution in [3.8, 4) is 33.3 Å². The number of fused-ring (bicyclic) bond motifs is 1. The molecule has 4 heterocycles. The minimum Gasteiger partial charge on any atom is -0.396 e. The molecule has 190 valence electrons. The van der Waals surface area contributed by atoms with Crippen LogP contribution in [-0.4, -0.2) is 47.1 Å². The summed E-state index contributed by atoms with van der Waals surface area (Å²) in [6.07, 6.45) is 8.67. The quantitative estimate of drug-likeness (QED) is 0.287. The van der Waals surface area contributed by atoms with E-state index in [4.69, 9.17) is 15.1 Å². The van der Waals surface area contributed by atoms with Crippen LogP contribution in [-0.2, 0) is 7.05 Å². The van der Waals surface area contributed by atoms with Gasteiger partial charge in [0.05, 0.1) is 10.3 Å². The number of nitrogens with zero attached hydrogens (tertiary/aromatic N) is 6. The van der Waals surface area contributed by atoms with Crippen molar-refractivity contribution in [1.82, 2.24) is 29.3 Å². The number of aromatic nitrogens is 6. The molecule has 9 heteroatoms. The van der Waals surface area contributed by atoms with E-state index in [2.05, 4.69) is 54.5 Å². The third-order valence-electron chi connectivity index (χ3n) is 7.15. The molecule has 6 rings (SSSR count). The summed E-state index contributed by atoms with van der Waals surface area (Å²) in [5, 5.41) is 19.4. The van der Waals surface area contributed by atoms with Crippen molar-refractivity contribution >= 4 is 27.4 Å². The second-order valence-corrected chi connectivity index (χ2v) is 11.1. The summed E-state index contributed by atoms with van der Waals surface area (Å²) in [7, 11) is 1.96. The summed E-state index contributed by atoms with van der Waals surface area (Å²) >= 11 is 1.65. The maximum atomic E-state index is 9.71. The molecule has 0 unspecified atom stereocenters. The smallest absolute Gasteiger partial charge is 0.199 e. The number of hydrogen-bond acceptors (Lipinski definition) is 7. The van der Waals surface area contributed by atoms with Gasteiger partial charge < -0.3 is 15.0 Å². The Labute approximate surface area is 220 Å². The third-order valence-corrected chi connectivity index (χ3v) is 8.25. The van der Waals surface area contributed by atoms with Gasteiger partial charge in [0.15, 0.2) is 11.6 Å². The first kappa shape index (κ1) is 23.8. The molecule has 0 aliphatic heterocycles. The SMILES string of the molecule is CC(C)n1ccc(-c2sc3nc(-c4nccn4C)nc(N[C@H]4CC[C@@H](CO)C4)c3c2-c2ccccc2)n1. The Morgan fingerprint density at radius 1 is 1.11 bits per heavy atom. The molecule has 0 bridgehead atoms. The molecule has 8 nitrogen and oxygen atoms in total. The number of nitrogens with one attached hydrogen (secondary N) is 1. The Morgan fingerprint density at radius 3 is 2.62 bits per heavy atom. The Balaban J connectivity index is 1.59. The lowest BCUT2D eigenvalue weighted by Gasteiger charge is -2.16. The molecule has 1 aliphatic carbocycles. The molecule has 5 aromatic rings. The summed E-state index contributed by atoms with van der Waals surface area (Å²) in [5.41, 5.74) is 3.14. The minimum atomic E-state index is 0.228. The molecule has 0 spiro atoms. The van der Waals surface area contributed by atoms with Crippen LogP contribution in [0.1, 0.15) is 39.2 Å². The van der Waals surface area contributed by atoms with Gasteiger partial charge in [-0.2, -0.15) is 5.10 Å². The van der Waals surface area contributed by atoms with Crippen molar-refractivity contribution in [3.05, 3.63) is 55.0 Å². The molecule has 37 heavy (non-hydrogen) atoms. The van der Waals surface area contributed by atoms with E-state index in [1.807, 2.05) is 34.8 Å². The molecule has 2 N–H and O–H groups in total. The van der Waals surface area contributed by atoms with E-state index in [-0.39, 0.29) is 18.7 Å². The number of rotatable bonds is 7. The highest BCUT2D eigenvalue weighted by Gasteiger charge is 2.28. The number of benzene rings is 1. The molecule has 4 aromatic heterocycles. The van der Waals surface area contributed by atoms with Gasteiger partial charge in [-0.3, -0.25) is 4.68 Å². The first-order chi connectivity index (χ1) is 18.0. The Kier molecular flexibility index (Phi) is 6.26. The van der Waals surface area contributed by atoms with Crippen molar-refractivity contribution in [2.75, 3.05) is 11.9 Å². The van der Waals surface area contributed by atoms with Crippen LogP contribution in [0.3, 0.4) is 0 Å². The molecular formula is C28H31N7OS. The summed E-state index contributed by atoms with van der Waals surface area (Å²) in [6, 6.07) is 13.0. The van der Waals surface area contributed by atoms with Crippen molar-refractivity contribution in [3.63, 3.8) is 0 Å². The first-order valence-electron chi connectivity index (χ1n) is 12.8. The number of aliphatic hydroxyl groups excluding tert-OH is 1. The van der Waals surface area contributed by atoms with Gasteiger partial charge in [-0.15, -0.1) is 11.3 Å². The van der Waals surface area contributed by atoms with E-state index in [1.165, 1.54) is 0 Å². The molecule has 1 saturated carbocycles. The van der Waals surface area contributed by atoms with Crippen molar-refractivity contribution in [2.24, 2.45) is 13.0 Å². The topological polar surface area (TPSA) is 93.7 Å². The van der Waals surface area contributed by atoms with Gasteiger partial charge in [0.25, 0.3) is 0 Å². The number of thiophene rings is 1. The van der Waals surface area contributed by atoms with Gasteiger partial charge in [0.2, 0.25) is 0 Å². The number of anilines is 1. The fourth-order valence-electron chi connectivity index (χ4n) is 5.16. The predicted octanol–water partition coefficient (Wildman–Crippen LogP) is 5.78. The van der Waals surface area contributed by atoms with Crippen LogP contribution < -0.4 is 5.32 Å². The van der Waals surface area contributed by atoms with Crippen LogP contribution in [0.25, 0.3) is 43.6 Å². The van der Waals surface area contributed by atoms with Gasteiger partial charge in [-0.25, -0.2) is 15.0 Å². The average molecular weight is 514 g/mol. The summed E-state index contributed by atoms with van der Waals surface area (Å²) in [4.78, 5) is 16.6. The Bertz CT molecular complexity index is 1530. The summed E-state index contributed by atoms with van der Waals surface area (Å²) < 4.78 is 3.94. The molecule has 0 radical (unpaired) electrons. The fraction of sp³-hybridized carbons (Fsp3) is 0.357. The molecule has 1 fully saturated rings. The van der Waals surface area contributed by atoms with Crippen LogP contribution >= 0.6 is 11.3 Å². The highest BCUT2D eigenvalue weighted by molar-refractivity contribution is 7.22. The Morgan fingerprint density at radius 2 is 1.95 bits per heavy atom. The van der Waals surface area contributed by atoms with Crippen molar-refractivity contribution < 1.29 is 5.11 Å². The zero-order valence-electron chi connectivity index (χ0n) is 21.3. The maximum Gasteiger partial charge on any atom is 0.199 e. The lowest BCUT2D eigenvalue weighted by Crippen LogP contribution is -2.18. The molecule has 1 aromatic carbocycles. The standard InChI is InChI=1S/C28H31N7OS/c1-17(2)35-13-11-21(33-35)24-22(19-7-5-4-6-8-19)23-25(30-20-10-9-18(15-20)16-36)31-26(32-28(23)37-24)27-29-12-14-34(27)3/h4-8,11-14,17-18,20,36H,9-10,15-16H2,1-3H3,(H,30,31,32)/t18-,20+/m1/s1. The zero-order valence-corrected chi connectivity index (χ0v) is 22.1. The van der Waals surface area contributed by atoms with Crippen LogP contribution in [0.2, 0.25) is 0 Å². The summed E-state index contributed by atoms with van der Waals surface area (Å²) in [5.74, 6) is 2.47. The van der Waals surface area contributed by atoms with E-state index in [1.54, 1.807) is 17.5 Å². The predicted molar refractivity (Wildman–Crippen MR) is 148 cm³/mol. The van der Waals surface area contributed by atoms with Crippen LogP contribution in [0.5, 0.6) is 0 Å². The second-order valence-electron chi connectivity index (χ2n) is 10.1. The van der Waals surface area contributed by atoms with Crippen LogP contribution in [0.4, 0.5) is 5.82 Å². The van der Waals surface area contributed by atoms with Crippen LogP contribution in [0, 0.1) is 5.92 Å². The van der Waals surface area contributed by atoms with E-state index in [0.717, 1.165) is 62.8 Å². The highest BCUT2D eigenvalue weighted by Crippen LogP contribution is 2.47. The summed E-state index contributed by atoms with van der Waals surface area (Å²) in [6.45, 7) is 4.49. The Hall–Kier alpha value is -3.56. The first-order valence-corrected chi connectivity index (χ1v) is 13.6. The van der Waals surface area contributed by atoms with Crippen LogP contribution in [0.15, 0.2) is 55.0 Å². The largest absolute Gasteiger partial charge is 0.396 e. The van der Waals surface area contributed by atoms with Gasteiger partial charge in [0, 0.05) is 49.9 Å². The normalized spacial score (nSPS) is 17.8. The van der Waals surface area contributed by atoms with E-state index in [9.17, 15) is 5.11 Å². The minimum absolute atomic E-state index is 0.228. The van der Waals surface area contributed by atoms with E-state index in [0.29, 0.717) is 11.7 Å². The van der Waals surface area contributed by atoms with Gasteiger partial charge in [0.1, 0.15) is 16.3 Å². The van der Waals surface area contributed by atoms with Crippen molar-refractivity contribution in [1.29, 1.82) is 0 Å². The zero-order chi connectivity index (χ0) is 25.5. The molecule has 2 atom stereocenters. The third kappa shape index (κ3) is 4.42. The van der Waals surface area contributed by atoms with E-state index < -0.39 is 0 Å². The van der Waals surface area contributed by atoms with E-state index >= 15 is 0 Å². The number of imidazole rings is 1. The molecule has 1 aliphatic rings. The maximum absolute atomic E-state index is 9.71. The monoisotopic (exact) mass is 513 g/mol. The lowest BCUT2D eigenvalue weighted by atomic mass is 10.0. The van der Waals surface area contributed by atoms with Crippen molar-refractivity contribution in [2.45, 2.75) is 45.2 Å². The van der Waals surface area contributed by atoms with Gasteiger partial charge in [-0.1, -0.05) is 30.3 Å². The average Bonchev–Trinajstić information content (AvgIpc) is 3.69. The lowest BCUT2D eigenvalue weighted by molar-refractivity contribution is 0.229. The van der Waals surface area contributed by atoms with Gasteiger partial charge >= 0.3 is 0 Å². The second kappa shape index (κ2) is 9.72. The van der Waals surface area contributed by atoms with Gasteiger partial charge in [-0.05, 0) is 50.7 Å².